The van der Waals surface area contributed by atoms with Crippen molar-refractivity contribution in [1.82, 2.24) is 24.6 Å². The van der Waals surface area contributed by atoms with Crippen LogP contribution in [0.15, 0.2) is 5.16 Å². The summed E-state index contributed by atoms with van der Waals surface area (Å²) in [5.41, 5.74) is 5.35. The number of amides is 1. The number of carbonyl (C=O) groups excluding carboxylic acids is 1. The smallest absolute Gasteiger partial charge is 0.231 e. The molecular weight excluding hydrogens is 312 g/mol. The molecule has 2 aliphatic rings. The minimum atomic E-state index is -0.278. The molecule has 2 aliphatic heterocycles. The number of rotatable bonds is 7. The number of nitrogens with two attached hydrogens (primary N) is 1. The van der Waals surface area contributed by atoms with Gasteiger partial charge in [-0.15, -0.1) is 10.2 Å². The third-order valence-corrected chi connectivity index (χ3v) is 5.73. The van der Waals surface area contributed by atoms with E-state index in [1.54, 1.807) is 11.8 Å². The zero-order valence-electron chi connectivity index (χ0n) is 13.8. The normalized spacial score (nSPS) is 22.9. The monoisotopic (exact) mass is 338 g/mol. The summed E-state index contributed by atoms with van der Waals surface area (Å²) in [6.07, 6.45) is 4.74. The van der Waals surface area contributed by atoms with Crippen LogP contribution in [0, 0.1) is 0 Å². The van der Waals surface area contributed by atoms with E-state index in [2.05, 4.69) is 24.6 Å². The minimum absolute atomic E-state index is 0.160. The van der Waals surface area contributed by atoms with Crippen LogP contribution < -0.4 is 5.73 Å². The highest BCUT2D eigenvalue weighted by Gasteiger charge is 2.31. The Hall–Kier alpha value is -1.12. The van der Waals surface area contributed by atoms with Gasteiger partial charge in [-0.1, -0.05) is 11.8 Å². The second-order valence-corrected chi connectivity index (χ2v) is 7.45. The average Bonchev–Trinajstić information content (AvgIpc) is 3.22. The summed E-state index contributed by atoms with van der Waals surface area (Å²) in [7, 11) is 2.02. The first-order valence-electron chi connectivity index (χ1n) is 8.42. The molecule has 3 rings (SSSR count). The maximum absolute atomic E-state index is 11.2. The van der Waals surface area contributed by atoms with Crippen molar-refractivity contribution in [2.45, 2.75) is 36.9 Å². The molecule has 1 atom stereocenters. The number of hydrogen-bond donors (Lipinski definition) is 1. The average molecular weight is 338 g/mol. The highest BCUT2D eigenvalue weighted by Crippen LogP contribution is 2.31. The Morgan fingerprint density at radius 3 is 2.78 bits per heavy atom. The van der Waals surface area contributed by atoms with Crippen LogP contribution >= 0.6 is 11.8 Å². The number of thioether (sulfide) groups is 1. The van der Waals surface area contributed by atoms with Crippen molar-refractivity contribution in [2.75, 3.05) is 38.5 Å². The number of likely N-dealkylation sites (tertiary alicyclic amines) is 2. The molecule has 2 saturated heterocycles. The molecule has 0 radical (unpaired) electrons. The van der Waals surface area contributed by atoms with Crippen molar-refractivity contribution >= 4 is 17.7 Å². The molecule has 0 saturated carbocycles. The fraction of sp³-hybridized carbons (Fsp3) is 0.800. The van der Waals surface area contributed by atoms with E-state index in [1.807, 2.05) is 7.05 Å². The van der Waals surface area contributed by atoms with Crippen LogP contribution in [-0.2, 0) is 11.8 Å². The SMILES string of the molecule is Cn1c(SCCN2CCCC2)nnc1[C@@H]1CCCN1CC(N)=O. The quantitative estimate of drug-likeness (QED) is 0.735. The molecule has 1 amide bonds. The van der Waals surface area contributed by atoms with Crippen LogP contribution in [0.3, 0.4) is 0 Å². The van der Waals surface area contributed by atoms with E-state index in [9.17, 15) is 4.79 Å². The number of hydrogen-bond acceptors (Lipinski definition) is 6. The van der Waals surface area contributed by atoms with Crippen LogP contribution in [-0.4, -0.2) is 68.9 Å². The molecule has 1 aromatic rings. The van der Waals surface area contributed by atoms with E-state index in [0.29, 0.717) is 6.54 Å². The largest absolute Gasteiger partial charge is 0.369 e. The third kappa shape index (κ3) is 4.05. The van der Waals surface area contributed by atoms with E-state index >= 15 is 0 Å². The fourth-order valence-electron chi connectivity index (χ4n) is 3.52. The van der Waals surface area contributed by atoms with Crippen molar-refractivity contribution in [3.63, 3.8) is 0 Å². The van der Waals surface area contributed by atoms with Crippen LogP contribution in [0.5, 0.6) is 0 Å². The van der Waals surface area contributed by atoms with Gasteiger partial charge in [0.1, 0.15) is 0 Å². The predicted molar refractivity (Wildman–Crippen MR) is 90.1 cm³/mol. The first kappa shape index (κ1) is 16.7. The number of aromatic nitrogens is 3. The fourth-order valence-corrected chi connectivity index (χ4v) is 4.44. The van der Waals surface area contributed by atoms with Gasteiger partial charge in [-0.2, -0.15) is 0 Å². The Balaban J connectivity index is 1.58. The number of nitrogens with zero attached hydrogens (tertiary/aromatic N) is 5. The minimum Gasteiger partial charge on any atom is -0.369 e. The molecule has 0 bridgehead atoms. The third-order valence-electron chi connectivity index (χ3n) is 4.73. The molecule has 0 spiro atoms. The number of carbonyl (C=O) groups is 1. The first-order valence-corrected chi connectivity index (χ1v) is 9.40. The van der Waals surface area contributed by atoms with E-state index in [1.165, 1.54) is 25.9 Å². The molecule has 3 heterocycles. The Bertz CT molecular complexity index is 542. The molecule has 7 nitrogen and oxygen atoms in total. The maximum Gasteiger partial charge on any atom is 0.231 e. The highest BCUT2D eigenvalue weighted by molar-refractivity contribution is 7.99. The van der Waals surface area contributed by atoms with Gasteiger partial charge in [-0.05, 0) is 45.3 Å². The van der Waals surface area contributed by atoms with Crippen LogP contribution in [0.1, 0.15) is 37.5 Å². The van der Waals surface area contributed by atoms with Gasteiger partial charge < -0.3 is 15.2 Å². The molecular formula is C15H26N6OS. The molecule has 1 aromatic heterocycles. The summed E-state index contributed by atoms with van der Waals surface area (Å²) >= 11 is 1.77. The van der Waals surface area contributed by atoms with E-state index in [0.717, 1.165) is 42.7 Å². The molecule has 23 heavy (non-hydrogen) atoms. The van der Waals surface area contributed by atoms with Crippen LogP contribution in [0.4, 0.5) is 0 Å². The lowest BCUT2D eigenvalue weighted by atomic mass is 10.2. The topological polar surface area (TPSA) is 80.3 Å². The second kappa shape index (κ2) is 7.63. The standard InChI is InChI=1S/C15H26N6OS/c1-19-14(12-5-4-8-21(12)11-13(16)22)17-18-15(19)23-10-9-20-6-2-3-7-20/h12H,2-11H2,1H3,(H2,16,22)/t12-/m0/s1. The van der Waals surface area contributed by atoms with E-state index < -0.39 is 0 Å². The Morgan fingerprint density at radius 2 is 2.04 bits per heavy atom. The number of primary amides is 1. The zero-order chi connectivity index (χ0) is 16.2. The van der Waals surface area contributed by atoms with Crippen molar-refractivity contribution in [3.05, 3.63) is 5.82 Å². The zero-order valence-corrected chi connectivity index (χ0v) is 14.6. The summed E-state index contributed by atoms with van der Waals surface area (Å²) in [6.45, 7) is 4.78. The lowest BCUT2D eigenvalue weighted by Crippen LogP contribution is -2.34. The summed E-state index contributed by atoms with van der Waals surface area (Å²) in [5, 5.41) is 9.71. The summed E-state index contributed by atoms with van der Waals surface area (Å²) in [4.78, 5) is 15.8. The summed E-state index contributed by atoms with van der Waals surface area (Å²) in [5.74, 6) is 1.72. The molecule has 0 unspecified atom stereocenters. The molecule has 2 N–H and O–H groups in total. The van der Waals surface area contributed by atoms with Crippen molar-refractivity contribution in [1.29, 1.82) is 0 Å². The molecule has 8 heteroatoms. The van der Waals surface area contributed by atoms with Crippen LogP contribution in [0.2, 0.25) is 0 Å². The van der Waals surface area contributed by atoms with Gasteiger partial charge >= 0.3 is 0 Å². The van der Waals surface area contributed by atoms with Gasteiger partial charge in [0.15, 0.2) is 11.0 Å². The van der Waals surface area contributed by atoms with Gasteiger partial charge in [-0.3, -0.25) is 9.69 Å². The molecule has 128 valence electrons. The van der Waals surface area contributed by atoms with Gasteiger partial charge in [0.2, 0.25) is 5.91 Å². The van der Waals surface area contributed by atoms with Crippen LogP contribution in [0.25, 0.3) is 0 Å². The van der Waals surface area contributed by atoms with Crippen molar-refractivity contribution < 1.29 is 4.79 Å². The second-order valence-electron chi connectivity index (χ2n) is 6.39. The molecule has 0 aromatic carbocycles. The summed E-state index contributed by atoms with van der Waals surface area (Å²) < 4.78 is 2.08. The highest BCUT2D eigenvalue weighted by atomic mass is 32.2. The van der Waals surface area contributed by atoms with Gasteiger partial charge in [0.05, 0.1) is 12.6 Å². The Kier molecular flexibility index (Phi) is 5.55. The molecule has 2 fully saturated rings. The molecule has 0 aliphatic carbocycles. The van der Waals surface area contributed by atoms with E-state index in [-0.39, 0.29) is 11.9 Å². The van der Waals surface area contributed by atoms with Gasteiger partial charge in [0, 0.05) is 19.3 Å². The Morgan fingerprint density at radius 1 is 1.26 bits per heavy atom. The Labute approximate surface area is 141 Å². The van der Waals surface area contributed by atoms with Crippen molar-refractivity contribution in [2.24, 2.45) is 12.8 Å². The van der Waals surface area contributed by atoms with Crippen molar-refractivity contribution in [3.8, 4) is 0 Å². The van der Waals surface area contributed by atoms with Gasteiger partial charge in [0.25, 0.3) is 0 Å². The van der Waals surface area contributed by atoms with E-state index in [4.69, 9.17) is 5.73 Å². The maximum atomic E-state index is 11.2. The van der Waals surface area contributed by atoms with Gasteiger partial charge in [-0.25, -0.2) is 0 Å². The lowest BCUT2D eigenvalue weighted by Gasteiger charge is -2.22. The first-order chi connectivity index (χ1) is 11.1. The predicted octanol–water partition coefficient (Wildman–Crippen LogP) is 0.625. The summed E-state index contributed by atoms with van der Waals surface area (Å²) in [6, 6.07) is 0.160. The lowest BCUT2D eigenvalue weighted by molar-refractivity contribution is -0.119.